The molecule has 1 amide bonds. The SMILES string of the molecule is CCCN(C(=O)CCc1nc(C(C)C)no1)C1CCNCC1.Cl. The van der Waals surface area contributed by atoms with Gasteiger partial charge in [-0.1, -0.05) is 25.9 Å². The van der Waals surface area contributed by atoms with E-state index in [9.17, 15) is 4.79 Å². The summed E-state index contributed by atoms with van der Waals surface area (Å²) < 4.78 is 5.22. The van der Waals surface area contributed by atoms with E-state index in [1.807, 2.05) is 13.8 Å². The second kappa shape index (κ2) is 9.88. The van der Waals surface area contributed by atoms with E-state index in [2.05, 4.69) is 27.3 Å². The molecule has 23 heavy (non-hydrogen) atoms. The van der Waals surface area contributed by atoms with Crippen LogP contribution in [0.25, 0.3) is 0 Å². The number of carbonyl (C=O) groups excluding carboxylic acids is 1. The number of rotatable bonds is 7. The van der Waals surface area contributed by atoms with Crippen molar-refractivity contribution in [1.29, 1.82) is 0 Å². The van der Waals surface area contributed by atoms with Crippen molar-refractivity contribution < 1.29 is 9.32 Å². The molecule has 0 saturated carbocycles. The number of amides is 1. The minimum atomic E-state index is 0. The fourth-order valence-electron chi connectivity index (χ4n) is 2.83. The third-order valence-corrected chi connectivity index (χ3v) is 4.09. The molecule has 0 unspecified atom stereocenters. The molecule has 0 aromatic carbocycles. The summed E-state index contributed by atoms with van der Waals surface area (Å²) in [5, 5.41) is 7.30. The summed E-state index contributed by atoms with van der Waals surface area (Å²) in [4.78, 5) is 19.0. The van der Waals surface area contributed by atoms with Gasteiger partial charge in [-0.25, -0.2) is 0 Å². The van der Waals surface area contributed by atoms with Crippen LogP contribution in [0.2, 0.25) is 0 Å². The lowest BCUT2D eigenvalue weighted by molar-refractivity contribution is -0.134. The third-order valence-electron chi connectivity index (χ3n) is 4.09. The highest BCUT2D eigenvalue weighted by Gasteiger charge is 2.24. The molecule has 0 atom stereocenters. The van der Waals surface area contributed by atoms with Crippen molar-refractivity contribution in [3.8, 4) is 0 Å². The van der Waals surface area contributed by atoms with Gasteiger partial charge in [0.1, 0.15) is 0 Å². The summed E-state index contributed by atoms with van der Waals surface area (Å²) in [5.41, 5.74) is 0. The normalized spacial score (nSPS) is 15.5. The molecule has 1 aromatic heterocycles. The number of aromatic nitrogens is 2. The number of hydrogen-bond donors (Lipinski definition) is 1. The highest BCUT2D eigenvalue weighted by atomic mass is 35.5. The van der Waals surface area contributed by atoms with Gasteiger partial charge in [-0.05, 0) is 32.4 Å². The van der Waals surface area contributed by atoms with E-state index in [0.29, 0.717) is 30.6 Å². The fraction of sp³-hybridized carbons (Fsp3) is 0.812. The van der Waals surface area contributed by atoms with E-state index in [1.54, 1.807) is 0 Å². The number of halogens is 1. The summed E-state index contributed by atoms with van der Waals surface area (Å²) in [7, 11) is 0. The van der Waals surface area contributed by atoms with Gasteiger partial charge in [0.15, 0.2) is 5.82 Å². The van der Waals surface area contributed by atoms with Crippen molar-refractivity contribution in [2.45, 2.75) is 64.8 Å². The molecule has 132 valence electrons. The molecule has 0 bridgehead atoms. The zero-order valence-electron chi connectivity index (χ0n) is 14.4. The van der Waals surface area contributed by atoms with Crippen molar-refractivity contribution in [2.75, 3.05) is 19.6 Å². The molecule has 1 aromatic rings. The summed E-state index contributed by atoms with van der Waals surface area (Å²) in [6, 6.07) is 0.377. The van der Waals surface area contributed by atoms with Gasteiger partial charge in [0.05, 0.1) is 0 Å². The first kappa shape index (κ1) is 19.9. The number of nitrogens with zero attached hydrogens (tertiary/aromatic N) is 3. The fourth-order valence-corrected chi connectivity index (χ4v) is 2.83. The molecule has 0 aliphatic carbocycles. The third kappa shape index (κ3) is 5.77. The maximum Gasteiger partial charge on any atom is 0.227 e. The first-order valence-corrected chi connectivity index (χ1v) is 8.44. The lowest BCUT2D eigenvalue weighted by Crippen LogP contribution is -2.46. The molecule has 6 nitrogen and oxygen atoms in total. The van der Waals surface area contributed by atoms with E-state index in [-0.39, 0.29) is 24.2 Å². The Morgan fingerprint density at radius 2 is 2.09 bits per heavy atom. The van der Waals surface area contributed by atoms with Gasteiger partial charge in [0, 0.05) is 31.3 Å². The van der Waals surface area contributed by atoms with Crippen LogP contribution in [0.5, 0.6) is 0 Å². The second-order valence-electron chi connectivity index (χ2n) is 6.27. The van der Waals surface area contributed by atoms with Crippen LogP contribution in [0.4, 0.5) is 0 Å². The molecule has 0 spiro atoms. The lowest BCUT2D eigenvalue weighted by Gasteiger charge is -2.34. The average molecular weight is 345 g/mol. The zero-order valence-corrected chi connectivity index (χ0v) is 15.2. The smallest absolute Gasteiger partial charge is 0.227 e. The van der Waals surface area contributed by atoms with Crippen LogP contribution in [0.1, 0.15) is 64.1 Å². The maximum atomic E-state index is 12.6. The first-order valence-electron chi connectivity index (χ1n) is 8.44. The molecule has 2 heterocycles. The Balaban J connectivity index is 0.00000264. The number of carbonyl (C=O) groups is 1. The molecule has 0 radical (unpaired) electrons. The van der Waals surface area contributed by atoms with Crippen LogP contribution in [-0.2, 0) is 11.2 Å². The Morgan fingerprint density at radius 3 is 2.65 bits per heavy atom. The van der Waals surface area contributed by atoms with Crippen LogP contribution in [0, 0.1) is 0 Å². The highest BCUT2D eigenvalue weighted by Crippen LogP contribution is 2.16. The van der Waals surface area contributed by atoms with Gasteiger partial charge in [-0.3, -0.25) is 4.79 Å². The van der Waals surface area contributed by atoms with Crippen molar-refractivity contribution in [3.63, 3.8) is 0 Å². The van der Waals surface area contributed by atoms with Crippen molar-refractivity contribution >= 4 is 18.3 Å². The largest absolute Gasteiger partial charge is 0.340 e. The summed E-state index contributed by atoms with van der Waals surface area (Å²) in [6.07, 6.45) is 4.06. The maximum absolute atomic E-state index is 12.6. The summed E-state index contributed by atoms with van der Waals surface area (Å²) >= 11 is 0. The van der Waals surface area contributed by atoms with E-state index in [4.69, 9.17) is 4.52 Å². The Bertz CT molecular complexity index is 472. The average Bonchev–Trinajstić information content (AvgIpc) is 3.00. The summed E-state index contributed by atoms with van der Waals surface area (Å²) in [5.74, 6) is 1.74. The minimum Gasteiger partial charge on any atom is -0.340 e. The Morgan fingerprint density at radius 1 is 1.39 bits per heavy atom. The van der Waals surface area contributed by atoms with Gasteiger partial charge in [-0.15, -0.1) is 12.4 Å². The molecule has 1 saturated heterocycles. The van der Waals surface area contributed by atoms with E-state index in [0.717, 1.165) is 38.9 Å². The van der Waals surface area contributed by atoms with Gasteiger partial charge < -0.3 is 14.7 Å². The van der Waals surface area contributed by atoms with Gasteiger partial charge in [-0.2, -0.15) is 4.98 Å². The molecule has 1 N–H and O–H groups in total. The quantitative estimate of drug-likeness (QED) is 0.823. The standard InChI is InChI=1S/C16H28N4O2.ClH/c1-4-11-20(13-7-9-17-10-8-13)15(21)6-5-14-18-16(12(2)3)19-22-14;/h12-13,17H,4-11H2,1-3H3;1H. The molecular formula is C16H29ClN4O2. The molecule has 7 heteroatoms. The number of piperidine rings is 1. The van der Waals surface area contributed by atoms with E-state index >= 15 is 0 Å². The van der Waals surface area contributed by atoms with Crippen molar-refractivity contribution in [1.82, 2.24) is 20.4 Å². The van der Waals surface area contributed by atoms with Crippen molar-refractivity contribution in [2.24, 2.45) is 0 Å². The molecule has 1 aliphatic heterocycles. The first-order chi connectivity index (χ1) is 10.6. The molecule has 1 fully saturated rings. The summed E-state index contributed by atoms with van der Waals surface area (Å²) in [6.45, 7) is 9.01. The van der Waals surface area contributed by atoms with Gasteiger partial charge >= 0.3 is 0 Å². The van der Waals surface area contributed by atoms with Gasteiger partial charge in [0.25, 0.3) is 0 Å². The van der Waals surface area contributed by atoms with E-state index < -0.39 is 0 Å². The Kier molecular flexibility index (Phi) is 8.55. The van der Waals surface area contributed by atoms with Crippen LogP contribution in [0.15, 0.2) is 4.52 Å². The molecule has 1 aliphatic rings. The second-order valence-corrected chi connectivity index (χ2v) is 6.27. The highest BCUT2D eigenvalue weighted by molar-refractivity contribution is 5.85. The lowest BCUT2D eigenvalue weighted by atomic mass is 10.0. The Labute approximate surface area is 144 Å². The van der Waals surface area contributed by atoms with Crippen molar-refractivity contribution in [3.05, 3.63) is 11.7 Å². The predicted molar refractivity (Wildman–Crippen MR) is 91.9 cm³/mol. The minimum absolute atomic E-state index is 0. The number of nitrogens with one attached hydrogen (secondary N) is 1. The molecule has 2 rings (SSSR count). The van der Waals surface area contributed by atoms with Crippen LogP contribution in [0.3, 0.4) is 0 Å². The topological polar surface area (TPSA) is 71.3 Å². The van der Waals surface area contributed by atoms with E-state index in [1.165, 1.54) is 0 Å². The van der Waals surface area contributed by atoms with Crippen LogP contribution >= 0.6 is 12.4 Å². The zero-order chi connectivity index (χ0) is 15.9. The van der Waals surface area contributed by atoms with Gasteiger partial charge in [0.2, 0.25) is 11.8 Å². The van der Waals surface area contributed by atoms with Crippen LogP contribution in [-0.4, -0.2) is 46.6 Å². The van der Waals surface area contributed by atoms with Crippen LogP contribution < -0.4 is 5.32 Å². The number of hydrogen-bond acceptors (Lipinski definition) is 5. The monoisotopic (exact) mass is 344 g/mol. The molecular weight excluding hydrogens is 316 g/mol. The Hall–Kier alpha value is -1.14. The predicted octanol–water partition coefficient (Wildman–Crippen LogP) is 2.54. The number of aryl methyl sites for hydroxylation is 1.